The third-order valence-electron chi connectivity index (χ3n) is 2.05. The van der Waals surface area contributed by atoms with Crippen molar-refractivity contribution in [1.29, 1.82) is 0 Å². The van der Waals surface area contributed by atoms with Gasteiger partial charge in [0, 0.05) is 26.1 Å². The summed E-state index contributed by atoms with van der Waals surface area (Å²) < 4.78 is 0. The number of rotatable bonds is 8. The number of nitrogens with one attached hydrogen (secondary N) is 2. The number of aliphatic hydroxyl groups excluding tert-OH is 1. The molecule has 0 saturated carbocycles. The van der Waals surface area contributed by atoms with Crippen LogP contribution in [0.2, 0.25) is 0 Å². The summed E-state index contributed by atoms with van der Waals surface area (Å²) in [6.45, 7) is 6.51. The molecule has 0 aliphatic rings. The van der Waals surface area contributed by atoms with Crippen LogP contribution < -0.4 is 10.6 Å². The van der Waals surface area contributed by atoms with Gasteiger partial charge in [-0.1, -0.05) is 13.8 Å². The standard InChI is InChI=1S/C10H22N2O2/c1-3-11-6-4-10(14)12-8-9(2)5-7-13/h9,11,13H,3-8H2,1-2H3,(H,12,14). The van der Waals surface area contributed by atoms with E-state index < -0.39 is 0 Å². The van der Waals surface area contributed by atoms with Crippen LogP contribution in [0.25, 0.3) is 0 Å². The Morgan fingerprint density at radius 3 is 2.79 bits per heavy atom. The quantitative estimate of drug-likeness (QED) is 0.490. The second-order valence-electron chi connectivity index (χ2n) is 3.53. The monoisotopic (exact) mass is 202 g/mol. The zero-order chi connectivity index (χ0) is 10.8. The van der Waals surface area contributed by atoms with Gasteiger partial charge in [0.15, 0.2) is 0 Å². The highest BCUT2D eigenvalue weighted by molar-refractivity contribution is 5.76. The molecular formula is C10H22N2O2. The number of amides is 1. The van der Waals surface area contributed by atoms with Crippen LogP contribution in [0.15, 0.2) is 0 Å². The molecule has 0 aliphatic heterocycles. The minimum Gasteiger partial charge on any atom is -0.396 e. The average Bonchev–Trinajstić information content (AvgIpc) is 2.16. The van der Waals surface area contributed by atoms with Crippen molar-refractivity contribution in [3.8, 4) is 0 Å². The third-order valence-corrected chi connectivity index (χ3v) is 2.05. The largest absolute Gasteiger partial charge is 0.396 e. The highest BCUT2D eigenvalue weighted by Crippen LogP contribution is 1.97. The van der Waals surface area contributed by atoms with Crippen molar-refractivity contribution in [3.63, 3.8) is 0 Å². The predicted molar refractivity (Wildman–Crippen MR) is 57.0 cm³/mol. The molecule has 1 unspecified atom stereocenters. The first-order chi connectivity index (χ1) is 6.70. The molecule has 1 amide bonds. The summed E-state index contributed by atoms with van der Waals surface area (Å²) in [7, 11) is 0. The van der Waals surface area contributed by atoms with E-state index in [1.807, 2.05) is 13.8 Å². The normalized spacial score (nSPS) is 12.5. The number of hydrogen-bond acceptors (Lipinski definition) is 3. The number of hydrogen-bond donors (Lipinski definition) is 3. The molecule has 14 heavy (non-hydrogen) atoms. The third kappa shape index (κ3) is 8.01. The molecule has 0 bridgehead atoms. The van der Waals surface area contributed by atoms with Crippen molar-refractivity contribution >= 4 is 5.91 Å². The Labute approximate surface area is 86.1 Å². The molecule has 0 radical (unpaired) electrons. The van der Waals surface area contributed by atoms with Gasteiger partial charge in [0.2, 0.25) is 5.91 Å². The first kappa shape index (κ1) is 13.4. The van der Waals surface area contributed by atoms with Gasteiger partial charge in [-0.2, -0.15) is 0 Å². The maximum Gasteiger partial charge on any atom is 0.221 e. The Morgan fingerprint density at radius 1 is 1.50 bits per heavy atom. The van der Waals surface area contributed by atoms with E-state index in [0.29, 0.717) is 18.9 Å². The van der Waals surface area contributed by atoms with Gasteiger partial charge in [0.1, 0.15) is 0 Å². The van der Waals surface area contributed by atoms with Gasteiger partial charge >= 0.3 is 0 Å². The zero-order valence-corrected chi connectivity index (χ0v) is 9.18. The van der Waals surface area contributed by atoms with Gasteiger partial charge in [-0.05, 0) is 18.9 Å². The van der Waals surface area contributed by atoms with Crippen LogP contribution in [0, 0.1) is 5.92 Å². The van der Waals surface area contributed by atoms with Gasteiger partial charge < -0.3 is 15.7 Å². The molecule has 0 aromatic carbocycles. The summed E-state index contributed by atoms with van der Waals surface area (Å²) in [4.78, 5) is 11.2. The molecule has 0 rings (SSSR count). The number of carbonyl (C=O) groups is 1. The summed E-state index contributed by atoms with van der Waals surface area (Å²) in [5, 5.41) is 14.6. The Balaban J connectivity index is 3.34. The van der Waals surface area contributed by atoms with Crippen molar-refractivity contribution in [2.45, 2.75) is 26.7 Å². The van der Waals surface area contributed by atoms with E-state index >= 15 is 0 Å². The van der Waals surface area contributed by atoms with Crippen molar-refractivity contribution in [3.05, 3.63) is 0 Å². The first-order valence-electron chi connectivity index (χ1n) is 5.29. The van der Waals surface area contributed by atoms with Crippen LogP contribution in [0.1, 0.15) is 26.7 Å². The summed E-state index contributed by atoms with van der Waals surface area (Å²) in [5.74, 6) is 0.429. The van der Waals surface area contributed by atoms with Crippen LogP contribution >= 0.6 is 0 Å². The van der Waals surface area contributed by atoms with E-state index in [2.05, 4.69) is 10.6 Å². The Bertz CT molecular complexity index is 151. The fourth-order valence-electron chi connectivity index (χ4n) is 1.08. The summed E-state index contributed by atoms with van der Waals surface area (Å²) in [6.07, 6.45) is 1.27. The number of aliphatic hydroxyl groups is 1. The number of carbonyl (C=O) groups excluding carboxylic acids is 1. The lowest BCUT2D eigenvalue weighted by atomic mass is 10.1. The minimum absolute atomic E-state index is 0.0794. The van der Waals surface area contributed by atoms with Gasteiger partial charge in [-0.25, -0.2) is 0 Å². The van der Waals surface area contributed by atoms with Crippen molar-refractivity contribution in [2.75, 3.05) is 26.2 Å². The van der Waals surface area contributed by atoms with Crippen LogP contribution in [-0.2, 0) is 4.79 Å². The van der Waals surface area contributed by atoms with Crippen molar-refractivity contribution in [2.24, 2.45) is 5.92 Å². The first-order valence-corrected chi connectivity index (χ1v) is 5.29. The van der Waals surface area contributed by atoms with Crippen LogP contribution in [0.3, 0.4) is 0 Å². The van der Waals surface area contributed by atoms with Gasteiger partial charge in [-0.3, -0.25) is 4.79 Å². The second-order valence-corrected chi connectivity index (χ2v) is 3.53. The molecule has 4 heteroatoms. The molecule has 3 N–H and O–H groups in total. The molecule has 0 saturated heterocycles. The summed E-state index contributed by atoms with van der Waals surface area (Å²) in [5.41, 5.74) is 0. The Hall–Kier alpha value is -0.610. The van der Waals surface area contributed by atoms with Gasteiger partial charge in [0.25, 0.3) is 0 Å². The second kappa shape index (κ2) is 8.97. The lowest BCUT2D eigenvalue weighted by molar-refractivity contribution is -0.121. The van der Waals surface area contributed by atoms with E-state index in [9.17, 15) is 4.79 Å². The van der Waals surface area contributed by atoms with E-state index in [1.54, 1.807) is 0 Å². The van der Waals surface area contributed by atoms with E-state index in [1.165, 1.54) is 0 Å². The van der Waals surface area contributed by atoms with Gasteiger partial charge in [0.05, 0.1) is 0 Å². The van der Waals surface area contributed by atoms with Crippen molar-refractivity contribution < 1.29 is 9.90 Å². The topological polar surface area (TPSA) is 61.4 Å². The molecule has 0 spiro atoms. The molecule has 4 nitrogen and oxygen atoms in total. The predicted octanol–water partition coefficient (Wildman–Crippen LogP) is 0.121. The van der Waals surface area contributed by atoms with Crippen LogP contribution in [-0.4, -0.2) is 37.3 Å². The molecule has 1 atom stereocenters. The van der Waals surface area contributed by atoms with E-state index in [0.717, 1.165) is 19.5 Å². The summed E-state index contributed by atoms with van der Waals surface area (Å²) >= 11 is 0. The minimum atomic E-state index is 0.0794. The highest BCUT2D eigenvalue weighted by atomic mass is 16.3. The fourth-order valence-corrected chi connectivity index (χ4v) is 1.08. The molecule has 0 aromatic heterocycles. The fraction of sp³-hybridized carbons (Fsp3) is 0.900. The molecule has 0 heterocycles. The summed E-state index contributed by atoms with van der Waals surface area (Å²) in [6, 6.07) is 0. The van der Waals surface area contributed by atoms with E-state index in [-0.39, 0.29) is 12.5 Å². The molecule has 0 fully saturated rings. The zero-order valence-electron chi connectivity index (χ0n) is 9.18. The Kier molecular flexibility index (Phi) is 8.57. The lowest BCUT2D eigenvalue weighted by Gasteiger charge is -2.10. The molecule has 0 aromatic rings. The van der Waals surface area contributed by atoms with E-state index in [4.69, 9.17) is 5.11 Å². The Morgan fingerprint density at radius 2 is 2.21 bits per heavy atom. The smallest absolute Gasteiger partial charge is 0.221 e. The van der Waals surface area contributed by atoms with Crippen LogP contribution in [0.4, 0.5) is 0 Å². The maximum atomic E-state index is 11.2. The van der Waals surface area contributed by atoms with Crippen LogP contribution in [0.5, 0.6) is 0 Å². The molecule has 84 valence electrons. The maximum absolute atomic E-state index is 11.2. The molecule has 0 aliphatic carbocycles. The average molecular weight is 202 g/mol. The molecular weight excluding hydrogens is 180 g/mol. The van der Waals surface area contributed by atoms with Gasteiger partial charge in [-0.15, -0.1) is 0 Å². The lowest BCUT2D eigenvalue weighted by Crippen LogP contribution is -2.31. The highest BCUT2D eigenvalue weighted by Gasteiger charge is 2.04. The SMILES string of the molecule is CCNCCC(=O)NCC(C)CCO. The van der Waals surface area contributed by atoms with Crippen molar-refractivity contribution in [1.82, 2.24) is 10.6 Å².